The summed E-state index contributed by atoms with van der Waals surface area (Å²) in [5.74, 6) is 2.30. The van der Waals surface area contributed by atoms with E-state index < -0.39 is 0 Å². The number of halogens is 1. The molecule has 5 saturated carbocycles. The highest BCUT2D eigenvalue weighted by Crippen LogP contribution is 2.77. The minimum atomic E-state index is -0.286. The first kappa shape index (κ1) is 18.1. The summed E-state index contributed by atoms with van der Waals surface area (Å²) in [6.45, 7) is 0. The molecular weight excluding hydrogens is 407 g/mol. The number of carbonyl (C=O) groups is 1. The molecule has 0 spiro atoms. The number of nitrogens with zero attached hydrogens (tertiary/aromatic N) is 5. The highest BCUT2D eigenvalue weighted by Gasteiger charge is 2.75. The highest BCUT2D eigenvalue weighted by molar-refractivity contribution is 5.97. The quantitative estimate of drug-likeness (QED) is 0.535. The Morgan fingerprint density at radius 1 is 1.12 bits per heavy atom. The Morgan fingerprint density at radius 3 is 2.69 bits per heavy atom. The molecule has 0 saturated heterocycles. The number of fused-ring (bicyclic) bond motifs is 1. The number of benzene rings is 1. The van der Waals surface area contributed by atoms with Gasteiger partial charge in [-0.2, -0.15) is 10.2 Å². The number of amides is 1. The molecular formula is C24H21FN6O. The molecule has 4 atom stereocenters. The molecule has 1 N–H and O–H groups in total. The maximum absolute atomic E-state index is 13.4. The summed E-state index contributed by atoms with van der Waals surface area (Å²) in [5, 5.41) is 12.3. The zero-order valence-electron chi connectivity index (χ0n) is 17.5. The molecule has 4 bridgehead atoms. The van der Waals surface area contributed by atoms with Crippen LogP contribution in [-0.4, -0.2) is 30.3 Å². The van der Waals surface area contributed by atoms with Crippen molar-refractivity contribution in [1.82, 2.24) is 24.4 Å². The summed E-state index contributed by atoms with van der Waals surface area (Å²) in [6, 6.07) is 10.0. The van der Waals surface area contributed by atoms with E-state index >= 15 is 0 Å². The van der Waals surface area contributed by atoms with Crippen LogP contribution in [0.5, 0.6) is 0 Å². The van der Waals surface area contributed by atoms with Crippen molar-refractivity contribution in [2.75, 3.05) is 5.32 Å². The predicted molar refractivity (Wildman–Crippen MR) is 116 cm³/mol. The van der Waals surface area contributed by atoms with Crippen LogP contribution < -0.4 is 5.32 Å². The van der Waals surface area contributed by atoms with E-state index in [-0.39, 0.29) is 17.1 Å². The molecule has 5 aliphatic carbocycles. The van der Waals surface area contributed by atoms with Crippen molar-refractivity contribution in [2.45, 2.75) is 19.3 Å². The number of rotatable bonds is 4. The lowest BCUT2D eigenvalue weighted by atomic mass is 9.47. The maximum Gasteiger partial charge on any atom is 0.232 e. The molecule has 9 rings (SSSR count). The summed E-state index contributed by atoms with van der Waals surface area (Å²) in [7, 11) is 1.85. The molecule has 0 aliphatic heterocycles. The molecule has 5 fully saturated rings. The minimum Gasteiger partial charge on any atom is -0.309 e. The van der Waals surface area contributed by atoms with Crippen molar-refractivity contribution in [3.8, 4) is 22.5 Å². The lowest BCUT2D eigenvalue weighted by molar-refractivity contribution is -0.154. The second-order valence-electron chi connectivity index (χ2n) is 9.45. The fraction of sp³-hybridized carbons (Fsp3) is 0.333. The normalized spacial score (nSPS) is 27.2. The van der Waals surface area contributed by atoms with Gasteiger partial charge < -0.3 is 5.32 Å². The van der Waals surface area contributed by atoms with Crippen LogP contribution in [0.2, 0.25) is 0 Å². The van der Waals surface area contributed by atoms with Gasteiger partial charge in [-0.1, -0.05) is 0 Å². The fourth-order valence-corrected chi connectivity index (χ4v) is 6.40. The lowest BCUT2D eigenvalue weighted by Gasteiger charge is -2.56. The molecule has 1 amide bonds. The largest absolute Gasteiger partial charge is 0.309 e. The summed E-state index contributed by atoms with van der Waals surface area (Å²) in [4.78, 5) is 17.5. The van der Waals surface area contributed by atoms with Crippen LogP contribution in [0.1, 0.15) is 19.3 Å². The van der Waals surface area contributed by atoms with E-state index in [4.69, 9.17) is 5.10 Å². The van der Waals surface area contributed by atoms with Gasteiger partial charge in [0.15, 0.2) is 11.5 Å². The monoisotopic (exact) mass is 428 g/mol. The van der Waals surface area contributed by atoms with Crippen molar-refractivity contribution >= 4 is 17.4 Å². The number of carbonyl (C=O) groups excluding carboxylic acids is 1. The Kier molecular flexibility index (Phi) is 3.40. The average Bonchev–Trinajstić information content (AvgIpc) is 3.56. The molecule has 8 heteroatoms. The fourth-order valence-electron chi connectivity index (χ4n) is 6.40. The van der Waals surface area contributed by atoms with Gasteiger partial charge in [-0.05, 0) is 73.4 Å². The zero-order valence-corrected chi connectivity index (χ0v) is 17.5. The van der Waals surface area contributed by atoms with E-state index in [0.717, 1.165) is 34.9 Å². The number of aromatic nitrogens is 5. The summed E-state index contributed by atoms with van der Waals surface area (Å²) < 4.78 is 16.8. The van der Waals surface area contributed by atoms with E-state index in [1.807, 2.05) is 25.4 Å². The van der Waals surface area contributed by atoms with E-state index in [2.05, 4.69) is 15.4 Å². The number of hydrogen-bond acceptors (Lipinski definition) is 4. The molecule has 7 nitrogen and oxygen atoms in total. The standard InChI is InChI=1S/C24H21FN6O/c1-30-11-17(22(29-30)13-2-4-16(25)5-3-13)19-6-7-21-26-20(12-31(21)28-19)27-23(32)24-10-14-8-15(24)9-18(14)24/h2-7,11-12,14-15,18H,8-10H2,1H3,(H,27,32). The molecule has 32 heavy (non-hydrogen) atoms. The highest BCUT2D eigenvalue weighted by atomic mass is 19.1. The van der Waals surface area contributed by atoms with Gasteiger partial charge in [0.2, 0.25) is 5.91 Å². The van der Waals surface area contributed by atoms with Crippen molar-refractivity contribution < 1.29 is 9.18 Å². The Labute approximate surface area is 183 Å². The second kappa shape index (κ2) is 6.03. The van der Waals surface area contributed by atoms with Crippen LogP contribution in [0.15, 0.2) is 48.8 Å². The van der Waals surface area contributed by atoms with Crippen LogP contribution >= 0.6 is 0 Å². The molecule has 3 aromatic heterocycles. The Morgan fingerprint density at radius 2 is 1.97 bits per heavy atom. The number of imidazole rings is 1. The zero-order chi connectivity index (χ0) is 21.6. The average molecular weight is 428 g/mol. The van der Waals surface area contributed by atoms with Gasteiger partial charge in [-0.3, -0.25) is 9.48 Å². The first-order valence-corrected chi connectivity index (χ1v) is 11.0. The van der Waals surface area contributed by atoms with Crippen molar-refractivity contribution in [2.24, 2.45) is 30.2 Å². The Bertz CT molecular complexity index is 1400. The summed E-state index contributed by atoms with van der Waals surface area (Å²) in [6.07, 6.45) is 7.13. The van der Waals surface area contributed by atoms with Gasteiger partial charge >= 0.3 is 0 Å². The number of hydrogen-bond donors (Lipinski definition) is 1. The summed E-state index contributed by atoms with van der Waals surface area (Å²) in [5.41, 5.74) is 3.64. The topological polar surface area (TPSA) is 77.1 Å². The first-order valence-electron chi connectivity index (χ1n) is 11.0. The van der Waals surface area contributed by atoms with Gasteiger partial charge in [0.1, 0.15) is 11.5 Å². The van der Waals surface area contributed by atoms with Crippen molar-refractivity contribution in [3.05, 3.63) is 54.6 Å². The molecule has 3 heterocycles. The molecule has 4 aromatic rings. The van der Waals surface area contributed by atoms with Crippen LogP contribution in [0.25, 0.3) is 28.2 Å². The van der Waals surface area contributed by atoms with Crippen LogP contribution in [0, 0.1) is 29.0 Å². The third-order valence-corrected chi connectivity index (χ3v) is 7.89. The molecule has 1 aromatic carbocycles. The third-order valence-electron chi connectivity index (χ3n) is 7.89. The molecule has 160 valence electrons. The van der Waals surface area contributed by atoms with Crippen molar-refractivity contribution in [3.63, 3.8) is 0 Å². The van der Waals surface area contributed by atoms with Gasteiger partial charge in [-0.15, -0.1) is 0 Å². The molecule has 5 aliphatic rings. The SMILES string of the molecule is Cn1cc(-c2ccc3nc(NC(=O)C45CC6CC4CC65)cn3n2)c(-c2ccc(F)cc2)n1. The van der Waals surface area contributed by atoms with Gasteiger partial charge in [0.25, 0.3) is 0 Å². The second-order valence-corrected chi connectivity index (χ2v) is 9.45. The van der Waals surface area contributed by atoms with E-state index in [9.17, 15) is 9.18 Å². The van der Waals surface area contributed by atoms with E-state index in [1.54, 1.807) is 27.5 Å². The van der Waals surface area contributed by atoms with Crippen LogP contribution in [-0.2, 0) is 11.8 Å². The van der Waals surface area contributed by atoms with Crippen LogP contribution in [0.3, 0.4) is 0 Å². The summed E-state index contributed by atoms with van der Waals surface area (Å²) >= 11 is 0. The van der Waals surface area contributed by atoms with Gasteiger partial charge in [-0.25, -0.2) is 13.9 Å². The molecule has 0 radical (unpaired) electrons. The molecule has 4 unspecified atom stereocenters. The predicted octanol–water partition coefficient (Wildman–Crippen LogP) is 3.92. The number of nitrogens with one attached hydrogen (secondary N) is 1. The van der Waals surface area contributed by atoms with Crippen molar-refractivity contribution in [1.29, 1.82) is 0 Å². The van der Waals surface area contributed by atoms with E-state index in [1.165, 1.54) is 25.0 Å². The Balaban J connectivity index is 1.21. The first-order chi connectivity index (χ1) is 15.5. The lowest BCUT2D eigenvalue weighted by Crippen LogP contribution is -2.58. The number of anilines is 1. The van der Waals surface area contributed by atoms with Crippen LogP contribution in [0.4, 0.5) is 10.2 Å². The Hall–Kier alpha value is -3.55. The van der Waals surface area contributed by atoms with Gasteiger partial charge in [0, 0.05) is 24.4 Å². The third kappa shape index (κ3) is 2.29. The minimum absolute atomic E-state index is 0.126. The van der Waals surface area contributed by atoms with E-state index in [0.29, 0.717) is 23.3 Å². The maximum atomic E-state index is 13.4. The number of aryl methyl sites for hydroxylation is 1. The smallest absolute Gasteiger partial charge is 0.232 e. The van der Waals surface area contributed by atoms with Gasteiger partial charge in [0.05, 0.1) is 17.3 Å².